The molecular weight excluding hydrogens is 561 g/mol. The van der Waals surface area contributed by atoms with Crippen LogP contribution >= 0.6 is 23.2 Å². The summed E-state index contributed by atoms with van der Waals surface area (Å²) in [6, 6.07) is 7.08. The van der Waals surface area contributed by atoms with Crippen LogP contribution in [0.1, 0.15) is 29.8 Å². The highest BCUT2D eigenvalue weighted by Gasteiger charge is 2.31. The van der Waals surface area contributed by atoms with Gasteiger partial charge in [-0.05, 0) is 38.0 Å². The van der Waals surface area contributed by atoms with E-state index in [0.717, 1.165) is 26.4 Å². The van der Waals surface area contributed by atoms with Crippen LogP contribution in [0.15, 0.2) is 47.4 Å². The van der Waals surface area contributed by atoms with Crippen LogP contribution in [0.2, 0.25) is 10.0 Å². The average molecular weight is 588 g/mol. The van der Waals surface area contributed by atoms with Crippen LogP contribution in [-0.4, -0.2) is 64.5 Å². The topological polar surface area (TPSA) is 157 Å². The highest BCUT2D eigenvalue weighted by Crippen LogP contribution is 2.29. The predicted octanol–water partition coefficient (Wildman–Crippen LogP) is 1.85. The monoisotopic (exact) mass is 587 g/mol. The molecule has 3 N–H and O–H groups in total. The number of ether oxygens (including phenoxy) is 2. The van der Waals surface area contributed by atoms with E-state index < -0.39 is 56.8 Å². The van der Waals surface area contributed by atoms with Crippen molar-refractivity contribution in [3.8, 4) is 0 Å². The third kappa shape index (κ3) is 8.15. The minimum atomic E-state index is -4.53. The molecule has 206 valence electrons. The van der Waals surface area contributed by atoms with Gasteiger partial charge in [0.25, 0.3) is 5.91 Å². The molecule has 38 heavy (non-hydrogen) atoms. The van der Waals surface area contributed by atoms with Gasteiger partial charge in [-0.1, -0.05) is 53.5 Å². The molecule has 2 amide bonds. The SMILES string of the molecule is COC(=O)C(C)NC(=O)c1cc(S(=O)(=O)N[C@@H](Cc2ccccc2)C(=O)NC(C)C(=O)OC)c(Cl)cc1Cl. The van der Waals surface area contributed by atoms with E-state index in [-0.39, 0.29) is 22.0 Å². The van der Waals surface area contributed by atoms with Crippen LogP contribution in [0.3, 0.4) is 0 Å². The van der Waals surface area contributed by atoms with Gasteiger partial charge < -0.3 is 20.1 Å². The molecule has 0 aliphatic heterocycles. The third-order valence-electron chi connectivity index (χ3n) is 5.27. The van der Waals surface area contributed by atoms with Gasteiger partial charge in [0.1, 0.15) is 23.0 Å². The minimum Gasteiger partial charge on any atom is -0.467 e. The van der Waals surface area contributed by atoms with E-state index >= 15 is 0 Å². The van der Waals surface area contributed by atoms with Gasteiger partial charge in [0.15, 0.2) is 0 Å². The fourth-order valence-electron chi connectivity index (χ4n) is 3.26. The van der Waals surface area contributed by atoms with Crippen molar-refractivity contribution in [2.45, 2.75) is 43.3 Å². The Balaban J connectivity index is 2.42. The third-order valence-corrected chi connectivity index (χ3v) is 7.52. The number of methoxy groups -OCH3 is 2. The summed E-state index contributed by atoms with van der Waals surface area (Å²) in [4.78, 5) is 48.6. The maximum absolute atomic E-state index is 13.4. The van der Waals surface area contributed by atoms with Crippen LogP contribution in [0.4, 0.5) is 0 Å². The zero-order valence-corrected chi connectivity index (χ0v) is 23.2. The van der Waals surface area contributed by atoms with E-state index in [4.69, 9.17) is 23.2 Å². The number of hydrogen-bond acceptors (Lipinski definition) is 8. The number of benzene rings is 2. The van der Waals surface area contributed by atoms with Gasteiger partial charge in [-0.15, -0.1) is 0 Å². The molecule has 0 radical (unpaired) electrons. The number of nitrogens with one attached hydrogen (secondary N) is 3. The molecule has 0 aromatic heterocycles. The number of esters is 2. The summed E-state index contributed by atoms with van der Waals surface area (Å²) < 4.78 is 38.2. The van der Waals surface area contributed by atoms with Gasteiger partial charge in [0, 0.05) is 0 Å². The largest absolute Gasteiger partial charge is 0.467 e. The van der Waals surface area contributed by atoms with Gasteiger partial charge in [-0.3, -0.25) is 9.59 Å². The lowest BCUT2D eigenvalue weighted by atomic mass is 10.1. The Kier molecular flexibility index (Phi) is 11.1. The first kappa shape index (κ1) is 31.0. The second-order valence-corrected chi connectivity index (χ2v) is 10.6. The number of sulfonamides is 1. The van der Waals surface area contributed by atoms with E-state index in [1.807, 2.05) is 0 Å². The summed E-state index contributed by atoms with van der Waals surface area (Å²) in [5.74, 6) is -3.11. The van der Waals surface area contributed by atoms with Crippen molar-refractivity contribution < 1.29 is 37.1 Å². The zero-order valence-electron chi connectivity index (χ0n) is 20.9. The van der Waals surface area contributed by atoms with Gasteiger partial charge in [-0.2, -0.15) is 4.72 Å². The number of rotatable bonds is 11. The normalized spacial score (nSPS) is 13.5. The summed E-state index contributed by atoms with van der Waals surface area (Å²) >= 11 is 12.3. The van der Waals surface area contributed by atoms with E-state index in [1.54, 1.807) is 30.3 Å². The molecular formula is C24H27Cl2N3O8S. The highest BCUT2D eigenvalue weighted by atomic mass is 35.5. The Labute approximate surface area is 230 Å². The van der Waals surface area contributed by atoms with Crippen molar-refractivity contribution in [3.63, 3.8) is 0 Å². The first-order valence-electron chi connectivity index (χ1n) is 11.1. The maximum atomic E-state index is 13.4. The Hall–Kier alpha value is -3.19. The van der Waals surface area contributed by atoms with E-state index in [1.165, 1.54) is 13.8 Å². The fourth-order valence-corrected chi connectivity index (χ4v) is 5.31. The maximum Gasteiger partial charge on any atom is 0.328 e. The quantitative estimate of drug-likeness (QED) is 0.336. The summed E-state index contributed by atoms with van der Waals surface area (Å²) in [6.45, 7) is 2.75. The van der Waals surface area contributed by atoms with Gasteiger partial charge in [0.2, 0.25) is 15.9 Å². The molecule has 0 aliphatic carbocycles. The molecule has 3 atom stereocenters. The van der Waals surface area contributed by atoms with Crippen molar-refractivity contribution in [2.75, 3.05) is 14.2 Å². The summed E-state index contributed by atoms with van der Waals surface area (Å²) in [6.07, 6.45) is -0.0744. The number of carbonyl (C=O) groups is 4. The number of amides is 2. The molecule has 0 spiro atoms. The number of carbonyl (C=O) groups excluding carboxylic acids is 4. The molecule has 14 heteroatoms. The van der Waals surface area contributed by atoms with E-state index in [2.05, 4.69) is 24.8 Å². The molecule has 11 nitrogen and oxygen atoms in total. The van der Waals surface area contributed by atoms with Crippen molar-refractivity contribution in [2.24, 2.45) is 0 Å². The molecule has 2 aromatic rings. The Morgan fingerprint density at radius 3 is 1.97 bits per heavy atom. The molecule has 2 aromatic carbocycles. The molecule has 0 heterocycles. The molecule has 0 bridgehead atoms. The zero-order chi connectivity index (χ0) is 28.6. The lowest BCUT2D eigenvalue weighted by Crippen LogP contribution is -2.51. The van der Waals surface area contributed by atoms with Gasteiger partial charge in [0.05, 0.1) is 29.8 Å². The van der Waals surface area contributed by atoms with Gasteiger partial charge >= 0.3 is 11.9 Å². The van der Waals surface area contributed by atoms with E-state index in [0.29, 0.717) is 5.56 Å². The van der Waals surface area contributed by atoms with E-state index in [9.17, 15) is 27.6 Å². The molecule has 2 unspecified atom stereocenters. The summed E-state index contributed by atoms with van der Waals surface area (Å²) in [5, 5.41) is 4.27. The molecule has 0 saturated heterocycles. The standard InChI is InChI=1S/C24H27Cl2N3O8S/c1-13(23(32)36-3)27-21(30)16-11-20(18(26)12-17(16)25)38(34,35)29-19(10-15-8-6-5-7-9-15)22(31)28-14(2)24(33)37-4/h5-9,11-14,19,29H,10H2,1-4H3,(H,27,30)(H,28,31)/t13?,14?,19-/m0/s1. The Bertz CT molecular complexity index is 1310. The van der Waals surface area contributed by atoms with Crippen molar-refractivity contribution >= 4 is 57.0 Å². The summed E-state index contributed by atoms with van der Waals surface area (Å²) in [7, 11) is -2.23. The van der Waals surface area contributed by atoms with Crippen LogP contribution in [0.25, 0.3) is 0 Å². The Morgan fingerprint density at radius 2 is 1.42 bits per heavy atom. The number of halogens is 2. The number of hydrogen-bond donors (Lipinski definition) is 3. The molecule has 0 saturated carbocycles. The Morgan fingerprint density at radius 1 is 0.868 bits per heavy atom. The smallest absolute Gasteiger partial charge is 0.328 e. The van der Waals surface area contributed by atoms with Crippen LogP contribution < -0.4 is 15.4 Å². The molecule has 0 aliphatic rings. The predicted molar refractivity (Wildman–Crippen MR) is 139 cm³/mol. The lowest BCUT2D eigenvalue weighted by Gasteiger charge is -2.21. The minimum absolute atomic E-state index is 0.0744. The van der Waals surface area contributed by atoms with Crippen LogP contribution in [0, 0.1) is 0 Å². The summed E-state index contributed by atoms with van der Waals surface area (Å²) in [5.41, 5.74) is 0.343. The van der Waals surface area contributed by atoms with Crippen LogP contribution in [0.5, 0.6) is 0 Å². The molecule has 2 rings (SSSR count). The van der Waals surface area contributed by atoms with Crippen LogP contribution in [-0.2, 0) is 40.3 Å². The van der Waals surface area contributed by atoms with Crippen molar-refractivity contribution in [1.82, 2.24) is 15.4 Å². The highest BCUT2D eigenvalue weighted by molar-refractivity contribution is 7.89. The lowest BCUT2D eigenvalue weighted by molar-refractivity contribution is -0.144. The van der Waals surface area contributed by atoms with Gasteiger partial charge in [-0.25, -0.2) is 18.0 Å². The fraction of sp³-hybridized carbons (Fsp3) is 0.333. The molecule has 0 fully saturated rings. The van der Waals surface area contributed by atoms with Crippen molar-refractivity contribution in [3.05, 3.63) is 63.6 Å². The second kappa shape index (κ2) is 13.6. The second-order valence-electron chi connectivity index (χ2n) is 8.10. The van der Waals surface area contributed by atoms with Crippen molar-refractivity contribution in [1.29, 1.82) is 0 Å². The first-order chi connectivity index (χ1) is 17.8. The first-order valence-corrected chi connectivity index (χ1v) is 13.4. The average Bonchev–Trinajstić information content (AvgIpc) is 2.87.